The molecule has 0 saturated carbocycles. The molecule has 3 rings (SSSR count). The van der Waals surface area contributed by atoms with Crippen molar-refractivity contribution in [1.29, 1.82) is 0 Å². The lowest BCUT2D eigenvalue weighted by atomic mass is 10.1. The molecule has 2 heterocycles. The number of nitrogens with two attached hydrogens (primary N) is 1. The van der Waals surface area contributed by atoms with Crippen LogP contribution < -0.4 is 15.8 Å². The number of hydrogen-bond donors (Lipinski definition) is 2. The average molecular weight is 366 g/mol. The van der Waals surface area contributed by atoms with Gasteiger partial charge in [-0.3, -0.25) is 0 Å². The Hall–Kier alpha value is -3.48. The summed E-state index contributed by atoms with van der Waals surface area (Å²) in [5, 5.41) is 3.29. The van der Waals surface area contributed by atoms with E-state index in [1.165, 1.54) is 0 Å². The van der Waals surface area contributed by atoms with E-state index in [1.807, 2.05) is 31.2 Å². The van der Waals surface area contributed by atoms with Crippen LogP contribution >= 0.6 is 0 Å². The topological polar surface area (TPSA) is 95.4 Å². The zero-order chi connectivity index (χ0) is 19.2. The van der Waals surface area contributed by atoms with Gasteiger partial charge >= 0.3 is 0 Å². The Bertz CT molecular complexity index is 923. The molecule has 140 valence electrons. The molecule has 0 spiro atoms. The van der Waals surface area contributed by atoms with Gasteiger partial charge < -0.3 is 24.9 Å². The summed E-state index contributed by atoms with van der Waals surface area (Å²) in [5.41, 5.74) is 8.04. The zero-order valence-electron chi connectivity index (χ0n) is 15.4. The molecule has 0 radical (unpaired) electrons. The summed E-state index contributed by atoms with van der Waals surface area (Å²) in [7, 11) is 1.64. The molecular formula is C20H22N4O3. The number of rotatable bonds is 8. The Morgan fingerprint density at radius 1 is 1.22 bits per heavy atom. The number of benzene rings is 1. The molecule has 0 aliphatic carbocycles. The van der Waals surface area contributed by atoms with Gasteiger partial charge in [-0.2, -0.15) is 4.98 Å². The van der Waals surface area contributed by atoms with Gasteiger partial charge in [0.05, 0.1) is 25.5 Å². The van der Waals surface area contributed by atoms with E-state index in [0.29, 0.717) is 41.7 Å². The first-order valence-electron chi connectivity index (χ1n) is 8.53. The highest BCUT2D eigenvalue weighted by atomic mass is 16.5. The van der Waals surface area contributed by atoms with Crippen LogP contribution in [0.1, 0.15) is 18.1 Å². The largest absolute Gasteiger partial charge is 0.496 e. The Labute approximate surface area is 157 Å². The molecule has 1 aromatic carbocycles. The molecule has 2 aromatic heterocycles. The highest BCUT2D eigenvalue weighted by Gasteiger charge is 2.20. The number of para-hydroxylation sites is 1. The van der Waals surface area contributed by atoms with Crippen molar-refractivity contribution in [3.8, 4) is 17.2 Å². The van der Waals surface area contributed by atoms with E-state index >= 15 is 0 Å². The van der Waals surface area contributed by atoms with Crippen molar-refractivity contribution in [2.75, 3.05) is 24.8 Å². The Morgan fingerprint density at radius 3 is 2.74 bits per heavy atom. The van der Waals surface area contributed by atoms with Crippen molar-refractivity contribution < 1.29 is 13.9 Å². The summed E-state index contributed by atoms with van der Waals surface area (Å²) in [6.07, 6.45) is 1.57. The number of nitrogen functional groups attached to an aromatic ring is 1. The van der Waals surface area contributed by atoms with E-state index in [4.69, 9.17) is 19.6 Å². The van der Waals surface area contributed by atoms with Crippen molar-refractivity contribution in [2.45, 2.75) is 13.5 Å². The van der Waals surface area contributed by atoms with Crippen LogP contribution in [-0.2, 0) is 11.3 Å². The first-order valence-corrected chi connectivity index (χ1v) is 8.53. The summed E-state index contributed by atoms with van der Waals surface area (Å²) in [6, 6.07) is 11.3. The van der Waals surface area contributed by atoms with Gasteiger partial charge in [-0.05, 0) is 25.1 Å². The third-order valence-electron chi connectivity index (χ3n) is 3.92. The first-order chi connectivity index (χ1) is 13.1. The van der Waals surface area contributed by atoms with Gasteiger partial charge in [-0.25, -0.2) is 4.98 Å². The minimum Gasteiger partial charge on any atom is -0.496 e. The highest BCUT2D eigenvalue weighted by molar-refractivity contribution is 5.81. The summed E-state index contributed by atoms with van der Waals surface area (Å²) in [6.45, 7) is 6.84. The molecule has 0 unspecified atom stereocenters. The molecule has 0 amide bonds. The van der Waals surface area contributed by atoms with Crippen LogP contribution in [0, 0.1) is 0 Å². The molecule has 0 aliphatic heterocycles. The van der Waals surface area contributed by atoms with Gasteiger partial charge in [0.25, 0.3) is 0 Å². The average Bonchev–Trinajstić information content (AvgIpc) is 3.21. The van der Waals surface area contributed by atoms with Gasteiger partial charge in [0.15, 0.2) is 5.76 Å². The number of hydrogen-bond acceptors (Lipinski definition) is 7. The fourth-order valence-electron chi connectivity index (χ4n) is 2.74. The minimum absolute atomic E-state index is 0.122. The van der Waals surface area contributed by atoms with Crippen molar-refractivity contribution in [3.05, 3.63) is 60.4 Å². The van der Waals surface area contributed by atoms with Crippen molar-refractivity contribution in [3.63, 3.8) is 0 Å². The molecule has 0 fully saturated rings. The van der Waals surface area contributed by atoms with Crippen LogP contribution in [0.5, 0.6) is 5.75 Å². The third-order valence-corrected chi connectivity index (χ3v) is 3.92. The lowest BCUT2D eigenvalue weighted by molar-refractivity contribution is 0.299. The second-order valence-electron chi connectivity index (χ2n) is 5.65. The molecule has 0 atom stereocenters. The normalized spacial score (nSPS) is 10.4. The van der Waals surface area contributed by atoms with Crippen LogP contribution in [0.25, 0.3) is 17.2 Å². The van der Waals surface area contributed by atoms with E-state index in [-0.39, 0.29) is 5.95 Å². The number of aromatic nitrogens is 2. The number of ether oxygens (including phenoxy) is 2. The summed E-state index contributed by atoms with van der Waals surface area (Å²) in [5.74, 6) is 2.41. The Kier molecular flexibility index (Phi) is 5.61. The molecule has 27 heavy (non-hydrogen) atoms. The standard InChI is InChI=1S/C20H22N4O3/c1-4-26-13(2)17-18(16-10-7-11-27-16)23-20(21)24-19(17)22-12-14-8-5-6-9-15(14)25-3/h5-11H,2,4,12H2,1,3H3,(H3,21,22,23,24). The summed E-state index contributed by atoms with van der Waals surface area (Å²) >= 11 is 0. The molecule has 7 heteroatoms. The number of nitrogens with zero attached hydrogens (tertiary/aromatic N) is 2. The maximum absolute atomic E-state index is 5.93. The number of furan rings is 1. The van der Waals surface area contributed by atoms with E-state index in [0.717, 1.165) is 11.3 Å². The fraction of sp³-hybridized carbons (Fsp3) is 0.200. The van der Waals surface area contributed by atoms with Crippen LogP contribution in [-0.4, -0.2) is 23.7 Å². The molecule has 0 saturated heterocycles. The van der Waals surface area contributed by atoms with Crippen LogP contribution in [0.15, 0.2) is 53.7 Å². The fourth-order valence-corrected chi connectivity index (χ4v) is 2.74. The molecule has 7 nitrogen and oxygen atoms in total. The number of anilines is 2. The lowest BCUT2D eigenvalue weighted by Crippen LogP contribution is -2.11. The van der Waals surface area contributed by atoms with Crippen molar-refractivity contribution in [2.24, 2.45) is 0 Å². The van der Waals surface area contributed by atoms with Crippen LogP contribution in [0.2, 0.25) is 0 Å². The van der Waals surface area contributed by atoms with Crippen molar-refractivity contribution in [1.82, 2.24) is 9.97 Å². The molecule has 3 N–H and O–H groups in total. The zero-order valence-corrected chi connectivity index (χ0v) is 15.4. The third kappa shape index (κ3) is 4.03. The smallest absolute Gasteiger partial charge is 0.222 e. The van der Waals surface area contributed by atoms with Gasteiger partial charge in [0.2, 0.25) is 5.95 Å². The maximum Gasteiger partial charge on any atom is 0.222 e. The molecule has 0 aliphatic rings. The second-order valence-corrected chi connectivity index (χ2v) is 5.65. The monoisotopic (exact) mass is 366 g/mol. The molecular weight excluding hydrogens is 344 g/mol. The Morgan fingerprint density at radius 2 is 2.04 bits per heavy atom. The molecule has 3 aromatic rings. The van der Waals surface area contributed by atoms with Gasteiger partial charge in [0, 0.05) is 12.1 Å². The van der Waals surface area contributed by atoms with Gasteiger partial charge in [0.1, 0.15) is 23.0 Å². The van der Waals surface area contributed by atoms with E-state index in [2.05, 4.69) is 21.9 Å². The van der Waals surface area contributed by atoms with Crippen molar-refractivity contribution >= 4 is 17.5 Å². The predicted molar refractivity (Wildman–Crippen MR) is 105 cm³/mol. The first kappa shape index (κ1) is 18.3. The maximum atomic E-state index is 5.93. The van der Waals surface area contributed by atoms with Crippen LogP contribution in [0.4, 0.5) is 11.8 Å². The predicted octanol–water partition coefficient (Wildman–Crippen LogP) is 3.95. The van der Waals surface area contributed by atoms with Crippen LogP contribution in [0.3, 0.4) is 0 Å². The van der Waals surface area contributed by atoms with Gasteiger partial charge in [-0.1, -0.05) is 24.8 Å². The highest BCUT2D eigenvalue weighted by Crippen LogP contribution is 2.33. The summed E-state index contributed by atoms with van der Waals surface area (Å²) < 4.78 is 16.5. The number of nitrogens with one attached hydrogen (secondary N) is 1. The SMILES string of the molecule is C=C(OCC)c1c(NCc2ccccc2OC)nc(N)nc1-c1ccco1. The van der Waals surface area contributed by atoms with E-state index in [9.17, 15) is 0 Å². The van der Waals surface area contributed by atoms with Gasteiger partial charge in [-0.15, -0.1) is 0 Å². The minimum atomic E-state index is 0.122. The Balaban J connectivity index is 2.02. The second kappa shape index (κ2) is 8.27. The van der Waals surface area contributed by atoms with E-state index in [1.54, 1.807) is 25.5 Å². The lowest BCUT2D eigenvalue weighted by Gasteiger charge is -2.17. The molecule has 0 bridgehead atoms. The quantitative estimate of drug-likeness (QED) is 0.583. The summed E-state index contributed by atoms with van der Waals surface area (Å²) in [4.78, 5) is 8.69. The number of methoxy groups -OCH3 is 1. The van der Waals surface area contributed by atoms with E-state index < -0.39 is 0 Å².